The van der Waals surface area contributed by atoms with Crippen LogP contribution in [0.4, 0.5) is 0 Å². The van der Waals surface area contributed by atoms with E-state index in [0.29, 0.717) is 11.6 Å². The van der Waals surface area contributed by atoms with Gasteiger partial charge in [0.25, 0.3) is 0 Å². The summed E-state index contributed by atoms with van der Waals surface area (Å²) in [7, 11) is 1.61. The Bertz CT molecular complexity index is 526. The lowest BCUT2D eigenvalue weighted by molar-refractivity contribution is 0.122. The third-order valence-corrected chi connectivity index (χ3v) is 2.47. The highest BCUT2D eigenvalue weighted by Crippen LogP contribution is 2.26. The number of aromatic nitrogens is 2. The molecule has 0 aliphatic heterocycles. The van der Waals surface area contributed by atoms with Gasteiger partial charge in [0, 0.05) is 0 Å². The van der Waals surface area contributed by atoms with Crippen LogP contribution in [0.15, 0.2) is 36.7 Å². The minimum Gasteiger partial charge on any atom is -0.496 e. The highest BCUT2D eigenvalue weighted by Gasteiger charge is 2.08. The molecule has 1 atom stereocenters. The summed E-state index contributed by atoms with van der Waals surface area (Å²) in [6.45, 7) is 1.88. The van der Waals surface area contributed by atoms with Crippen molar-refractivity contribution in [2.45, 2.75) is 13.0 Å². The molecule has 1 aromatic heterocycles. The zero-order valence-electron chi connectivity index (χ0n) is 10.9. The quantitative estimate of drug-likeness (QED) is 0.889. The fourth-order valence-corrected chi connectivity index (χ4v) is 1.58. The largest absolute Gasteiger partial charge is 0.496 e. The van der Waals surface area contributed by atoms with Gasteiger partial charge in [-0.2, -0.15) is 0 Å². The maximum absolute atomic E-state index is 9.13. The van der Waals surface area contributed by atoms with E-state index in [1.54, 1.807) is 26.4 Å². The normalized spacial score (nSPS) is 11.9. The van der Waals surface area contributed by atoms with E-state index in [0.717, 1.165) is 11.3 Å². The molecule has 100 valence electrons. The standard InChI is InChI=1S/C14H16N2O3/c1-10(17)9-19-11-7-15-14(16-8-11)12-5-3-4-6-13(12)18-2/h3-8,10,17H,9H2,1-2H3. The molecule has 5 nitrogen and oxygen atoms in total. The summed E-state index contributed by atoms with van der Waals surface area (Å²) in [5.41, 5.74) is 0.826. The first-order valence-corrected chi connectivity index (χ1v) is 5.97. The number of aliphatic hydroxyl groups is 1. The molecule has 1 unspecified atom stereocenters. The summed E-state index contributed by atoms with van der Waals surface area (Å²) in [4.78, 5) is 8.48. The van der Waals surface area contributed by atoms with Crippen LogP contribution in [0.5, 0.6) is 11.5 Å². The molecule has 19 heavy (non-hydrogen) atoms. The second-order valence-electron chi connectivity index (χ2n) is 4.10. The van der Waals surface area contributed by atoms with Gasteiger partial charge in [-0.25, -0.2) is 9.97 Å². The maximum atomic E-state index is 9.13. The molecule has 0 amide bonds. The van der Waals surface area contributed by atoms with Crippen LogP contribution in [0.3, 0.4) is 0 Å². The molecule has 0 saturated heterocycles. The number of benzene rings is 1. The Morgan fingerprint density at radius 2 is 1.89 bits per heavy atom. The van der Waals surface area contributed by atoms with Crippen LogP contribution in [-0.2, 0) is 0 Å². The molecule has 0 aliphatic carbocycles. The third-order valence-electron chi connectivity index (χ3n) is 2.47. The van der Waals surface area contributed by atoms with Crippen molar-refractivity contribution in [1.82, 2.24) is 9.97 Å². The Balaban J connectivity index is 2.18. The van der Waals surface area contributed by atoms with Crippen molar-refractivity contribution in [2.75, 3.05) is 13.7 Å². The number of methoxy groups -OCH3 is 1. The first kappa shape index (κ1) is 13.3. The number of hydrogen-bond acceptors (Lipinski definition) is 5. The van der Waals surface area contributed by atoms with Gasteiger partial charge < -0.3 is 14.6 Å². The Morgan fingerprint density at radius 3 is 2.53 bits per heavy atom. The molecule has 0 fully saturated rings. The number of para-hydroxylation sites is 1. The molecule has 1 N–H and O–H groups in total. The first-order chi connectivity index (χ1) is 9.20. The van der Waals surface area contributed by atoms with E-state index in [2.05, 4.69) is 9.97 Å². The highest BCUT2D eigenvalue weighted by atomic mass is 16.5. The van der Waals surface area contributed by atoms with E-state index in [-0.39, 0.29) is 6.61 Å². The zero-order valence-corrected chi connectivity index (χ0v) is 10.9. The van der Waals surface area contributed by atoms with Gasteiger partial charge in [-0.05, 0) is 19.1 Å². The van der Waals surface area contributed by atoms with E-state index in [4.69, 9.17) is 14.6 Å². The molecule has 0 spiro atoms. The lowest BCUT2D eigenvalue weighted by atomic mass is 10.2. The topological polar surface area (TPSA) is 64.5 Å². The van der Waals surface area contributed by atoms with Gasteiger partial charge in [0.2, 0.25) is 0 Å². The zero-order chi connectivity index (χ0) is 13.7. The second-order valence-corrected chi connectivity index (χ2v) is 4.10. The van der Waals surface area contributed by atoms with Gasteiger partial charge in [-0.15, -0.1) is 0 Å². The average molecular weight is 260 g/mol. The van der Waals surface area contributed by atoms with Gasteiger partial charge in [0.15, 0.2) is 11.6 Å². The average Bonchev–Trinajstić information content (AvgIpc) is 2.45. The van der Waals surface area contributed by atoms with E-state index < -0.39 is 6.10 Å². The first-order valence-electron chi connectivity index (χ1n) is 5.97. The van der Waals surface area contributed by atoms with E-state index in [1.165, 1.54) is 0 Å². The maximum Gasteiger partial charge on any atom is 0.163 e. The third kappa shape index (κ3) is 3.42. The number of hydrogen-bond donors (Lipinski definition) is 1. The monoisotopic (exact) mass is 260 g/mol. The van der Waals surface area contributed by atoms with Crippen LogP contribution in [-0.4, -0.2) is 34.9 Å². The highest BCUT2D eigenvalue weighted by molar-refractivity contribution is 5.63. The van der Waals surface area contributed by atoms with Crippen molar-refractivity contribution in [3.8, 4) is 22.9 Å². The van der Waals surface area contributed by atoms with Crippen LogP contribution >= 0.6 is 0 Å². The molecular weight excluding hydrogens is 244 g/mol. The Hall–Kier alpha value is -2.14. The summed E-state index contributed by atoms with van der Waals surface area (Å²) < 4.78 is 10.6. The van der Waals surface area contributed by atoms with Crippen LogP contribution in [0.25, 0.3) is 11.4 Å². The molecule has 0 bridgehead atoms. The van der Waals surface area contributed by atoms with E-state index in [1.807, 2.05) is 24.3 Å². The van der Waals surface area contributed by atoms with Crippen LogP contribution < -0.4 is 9.47 Å². The van der Waals surface area contributed by atoms with E-state index in [9.17, 15) is 0 Å². The minimum atomic E-state index is -0.520. The molecule has 0 aliphatic rings. The molecule has 5 heteroatoms. The molecule has 0 radical (unpaired) electrons. The number of aliphatic hydroxyl groups excluding tert-OH is 1. The van der Waals surface area contributed by atoms with Crippen molar-refractivity contribution in [3.63, 3.8) is 0 Å². The summed E-state index contributed by atoms with van der Waals surface area (Å²) in [6.07, 6.45) is 2.64. The minimum absolute atomic E-state index is 0.220. The van der Waals surface area contributed by atoms with Crippen molar-refractivity contribution in [3.05, 3.63) is 36.7 Å². The summed E-state index contributed by atoms with van der Waals surface area (Å²) >= 11 is 0. The van der Waals surface area contributed by atoms with Gasteiger partial charge in [0.05, 0.1) is 31.2 Å². The smallest absolute Gasteiger partial charge is 0.163 e. The van der Waals surface area contributed by atoms with Gasteiger partial charge in [0.1, 0.15) is 12.4 Å². The molecular formula is C14H16N2O3. The summed E-state index contributed by atoms with van der Waals surface area (Å²) in [6, 6.07) is 7.54. The van der Waals surface area contributed by atoms with Gasteiger partial charge >= 0.3 is 0 Å². The SMILES string of the molecule is COc1ccccc1-c1ncc(OCC(C)O)cn1. The Labute approximate surface area is 111 Å². The van der Waals surface area contributed by atoms with Crippen molar-refractivity contribution >= 4 is 0 Å². The number of rotatable bonds is 5. The summed E-state index contributed by atoms with van der Waals surface area (Å²) in [5, 5.41) is 9.13. The molecule has 2 rings (SSSR count). The second kappa shape index (κ2) is 6.15. The lowest BCUT2D eigenvalue weighted by Gasteiger charge is -2.09. The Kier molecular flexibility index (Phi) is 4.30. The van der Waals surface area contributed by atoms with Gasteiger partial charge in [-0.3, -0.25) is 0 Å². The Morgan fingerprint density at radius 1 is 1.21 bits per heavy atom. The molecule has 2 aromatic rings. The lowest BCUT2D eigenvalue weighted by Crippen LogP contribution is -2.13. The van der Waals surface area contributed by atoms with Gasteiger partial charge in [-0.1, -0.05) is 12.1 Å². The predicted molar refractivity (Wildman–Crippen MR) is 71.2 cm³/mol. The fourth-order valence-electron chi connectivity index (χ4n) is 1.58. The predicted octanol–water partition coefficient (Wildman–Crippen LogP) is 1.91. The number of ether oxygens (including phenoxy) is 2. The molecule has 1 aromatic carbocycles. The number of nitrogens with zero attached hydrogens (tertiary/aromatic N) is 2. The molecule has 1 heterocycles. The fraction of sp³-hybridized carbons (Fsp3) is 0.286. The van der Waals surface area contributed by atoms with Crippen LogP contribution in [0.2, 0.25) is 0 Å². The summed E-state index contributed by atoms with van der Waals surface area (Å²) in [5.74, 6) is 1.82. The van der Waals surface area contributed by atoms with E-state index >= 15 is 0 Å². The van der Waals surface area contributed by atoms with Crippen LogP contribution in [0, 0.1) is 0 Å². The van der Waals surface area contributed by atoms with Crippen molar-refractivity contribution in [1.29, 1.82) is 0 Å². The van der Waals surface area contributed by atoms with Crippen molar-refractivity contribution in [2.24, 2.45) is 0 Å². The molecule has 0 saturated carbocycles. The van der Waals surface area contributed by atoms with Crippen molar-refractivity contribution < 1.29 is 14.6 Å². The van der Waals surface area contributed by atoms with Crippen LogP contribution in [0.1, 0.15) is 6.92 Å².